The van der Waals surface area contributed by atoms with Gasteiger partial charge in [0.2, 0.25) is 5.91 Å². The van der Waals surface area contributed by atoms with Gasteiger partial charge in [-0.2, -0.15) is 5.10 Å². The number of rotatable bonds is 7. The highest BCUT2D eigenvalue weighted by atomic mass is 16.2. The number of nitrogens with one attached hydrogen (secondary N) is 2. The summed E-state index contributed by atoms with van der Waals surface area (Å²) in [7, 11) is 5.67. The molecule has 1 unspecified atom stereocenters. The summed E-state index contributed by atoms with van der Waals surface area (Å²) in [6.07, 6.45) is 4.95. The smallest absolute Gasteiger partial charge is 0.230 e. The third kappa shape index (κ3) is 5.06. The second-order valence-electron chi connectivity index (χ2n) is 8.40. The van der Waals surface area contributed by atoms with Crippen LogP contribution in [0.2, 0.25) is 0 Å². The zero-order valence-electron chi connectivity index (χ0n) is 18.7. The summed E-state index contributed by atoms with van der Waals surface area (Å²) in [5.41, 5.74) is 3.23. The average Bonchev–Trinajstić information content (AvgIpc) is 3.20. The van der Waals surface area contributed by atoms with Gasteiger partial charge in [0.15, 0.2) is 5.96 Å². The van der Waals surface area contributed by atoms with Gasteiger partial charge in [-0.25, -0.2) is 0 Å². The van der Waals surface area contributed by atoms with E-state index in [0.29, 0.717) is 6.54 Å². The van der Waals surface area contributed by atoms with Crippen molar-refractivity contribution in [2.45, 2.75) is 65.8 Å². The standard InChI is InChI=1S/C21H38N6O/c1-8-22-20(23-14-21(11-9-10-12-21)19(28)26(5)6)24-15(2)13-18-16(3)25-27(7)17(18)4/h15H,8-14H2,1-7H3,(H2,22,23,24). The first kappa shape index (κ1) is 22.2. The molecule has 1 aliphatic rings. The lowest BCUT2D eigenvalue weighted by Gasteiger charge is -2.29. The second kappa shape index (κ2) is 9.43. The molecule has 1 fully saturated rings. The van der Waals surface area contributed by atoms with Crippen molar-refractivity contribution >= 4 is 11.9 Å². The molecule has 1 amide bonds. The SMILES string of the molecule is CCNC(=NCC1(C(=O)N(C)C)CCCC1)NC(C)Cc1c(C)nn(C)c1C. The molecular weight excluding hydrogens is 352 g/mol. The molecule has 0 saturated heterocycles. The number of hydrogen-bond acceptors (Lipinski definition) is 3. The average molecular weight is 391 g/mol. The summed E-state index contributed by atoms with van der Waals surface area (Å²) >= 11 is 0. The summed E-state index contributed by atoms with van der Waals surface area (Å²) in [6.45, 7) is 9.72. The van der Waals surface area contributed by atoms with Crippen molar-refractivity contribution < 1.29 is 4.79 Å². The predicted octanol–water partition coefficient (Wildman–Crippen LogP) is 2.17. The Kier molecular flexibility index (Phi) is 7.49. The molecule has 1 aromatic rings. The van der Waals surface area contributed by atoms with Gasteiger partial charge < -0.3 is 15.5 Å². The lowest BCUT2D eigenvalue weighted by molar-refractivity contribution is -0.138. The molecule has 1 atom stereocenters. The zero-order valence-corrected chi connectivity index (χ0v) is 18.7. The van der Waals surface area contributed by atoms with Crippen molar-refractivity contribution in [3.05, 3.63) is 17.0 Å². The number of nitrogens with zero attached hydrogens (tertiary/aromatic N) is 4. The zero-order chi connectivity index (χ0) is 20.9. The normalized spacial score (nSPS) is 17.5. The number of aromatic nitrogens is 2. The highest BCUT2D eigenvalue weighted by Gasteiger charge is 2.42. The van der Waals surface area contributed by atoms with Crippen LogP contribution in [-0.2, 0) is 18.3 Å². The van der Waals surface area contributed by atoms with E-state index in [-0.39, 0.29) is 17.4 Å². The van der Waals surface area contributed by atoms with E-state index < -0.39 is 0 Å². The summed E-state index contributed by atoms with van der Waals surface area (Å²) in [4.78, 5) is 19.3. The molecule has 28 heavy (non-hydrogen) atoms. The largest absolute Gasteiger partial charge is 0.357 e. The molecule has 158 valence electrons. The van der Waals surface area contributed by atoms with Gasteiger partial charge >= 0.3 is 0 Å². The fourth-order valence-corrected chi connectivity index (χ4v) is 4.22. The van der Waals surface area contributed by atoms with Crippen LogP contribution in [0.3, 0.4) is 0 Å². The van der Waals surface area contributed by atoms with E-state index >= 15 is 0 Å². The topological polar surface area (TPSA) is 74.6 Å². The van der Waals surface area contributed by atoms with Gasteiger partial charge in [0.25, 0.3) is 0 Å². The van der Waals surface area contributed by atoms with Crippen molar-refractivity contribution in [2.24, 2.45) is 17.5 Å². The van der Waals surface area contributed by atoms with E-state index in [2.05, 4.69) is 43.4 Å². The van der Waals surface area contributed by atoms with Crippen LogP contribution in [0.1, 0.15) is 56.5 Å². The van der Waals surface area contributed by atoms with Gasteiger partial charge in [0.1, 0.15) is 0 Å². The molecule has 1 heterocycles. The molecule has 1 aromatic heterocycles. The molecule has 7 heteroatoms. The molecule has 0 spiro atoms. The van der Waals surface area contributed by atoms with Gasteiger partial charge in [-0.1, -0.05) is 12.8 Å². The minimum atomic E-state index is -0.342. The highest BCUT2D eigenvalue weighted by molar-refractivity contribution is 5.84. The van der Waals surface area contributed by atoms with Gasteiger partial charge in [-0.3, -0.25) is 14.5 Å². The third-order valence-corrected chi connectivity index (χ3v) is 5.86. The molecule has 7 nitrogen and oxygen atoms in total. The number of hydrogen-bond donors (Lipinski definition) is 2. The summed E-state index contributed by atoms with van der Waals surface area (Å²) in [6, 6.07) is 0.212. The van der Waals surface area contributed by atoms with Gasteiger partial charge in [-0.05, 0) is 52.5 Å². The summed E-state index contributed by atoms with van der Waals surface area (Å²) in [5.74, 6) is 0.992. The number of guanidine groups is 1. The Morgan fingerprint density at radius 2 is 1.96 bits per heavy atom. The van der Waals surface area contributed by atoms with E-state index in [1.807, 2.05) is 25.8 Å². The van der Waals surface area contributed by atoms with Crippen LogP contribution < -0.4 is 10.6 Å². The number of carbonyl (C=O) groups excluding carboxylic acids is 1. The third-order valence-electron chi connectivity index (χ3n) is 5.86. The lowest BCUT2D eigenvalue weighted by Crippen LogP contribution is -2.45. The van der Waals surface area contributed by atoms with Gasteiger partial charge in [0.05, 0.1) is 17.7 Å². The van der Waals surface area contributed by atoms with Crippen molar-refractivity contribution in [1.82, 2.24) is 25.3 Å². The molecule has 2 N–H and O–H groups in total. The molecule has 1 saturated carbocycles. The van der Waals surface area contributed by atoms with Gasteiger partial charge in [0, 0.05) is 39.4 Å². The van der Waals surface area contributed by atoms with Crippen molar-refractivity contribution in [2.75, 3.05) is 27.2 Å². The molecule has 0 radical (unpaired) electrons. The Labute approximate surface area is 170 Å². The summed E-state index contributed by atoms with van der Waals surface area (Å²) in [5, 5.41) is 11.4. The fraction of sp³-hybridized carbons (Fsp3) is 0.762. The van der Waals surface area contributed by atoms with Crippen LogP contribution in [0, 0.1) is 19.3 Å². The van der Waals surface area contributed by atoms with E-state index in [0.717, 1.165) is 50.3 Å². The maximum atomic E-state index is 12.8. The molecule has 0 aromatic carbocycles. The molecule has 0 bridgehead atoms. The van der Waals surface area contributed by atoms with E-state index in [4.69, 9.17) is 4.99 Å². The van der Waals surface area contributed by atoms with Crippen LogP contribution in [0.4, 0.5) is 0 Å². The van der Waals surface area contributed by atoms with Crippen LogP contribution in [0.25, 0.3) is 0 Å². The number of aliphatic imine (C=N–C) groups is 1. The maximum absolute atomic E-state index is 12.8. The number of amides is 1. The first-order valence-corrected chi connectivity index (χ1v) is 10.5. The Hall–Kier alpha value is -2.05. The fourth-order valence-electron chi connectivity index (χ4n) is 4.22. The van der Waals surface area contributed by atoms with E-state index in [9.17, 15) is 4.79 Å². The van der Waals surface area contributed by atoms with Crippen LogP contribution in [-0.4, -0.2) is 59.8 Å². The van der Waals surface area contributed by atoms with E-state index in [1.54, 1.807) is 4.90 Å². The monoisotopic (exact) mass is 390 g/mol. The quantitative estimate of drug-likeness (QED) is 0.553. The molecule has 1 aliphatic carbocycles. The van der Waals surface area contributed by atoms with Gasteiger partial charge in [-0.15, -0.1) is 0 Å². The second-order valence-corrected chi connectivity index (χ2v) is 8.40. The summed E-state index contributed by atoms with van der Waals surface area (Å²) < 4.78 is 1.94. The first-order valence-electron chi connectivity index (χ1n) is 10.5. The van der Waals surface area contributed by atoms with E-state index in [1.165, 1.54) is 11.3 Å². The van der Waals surface area contributed by atoms with Crippen molar-refractivity contribution in [3.8, 4) is 0 Å². The minimum Gasteiger partial charge on any atom is -0.357 e. The lowest BCUT2D eigenvalue weighted by atomic mass is 9.85. The number of carbonyl (C=O) groups is 1. The first-order chi connectivity index (χ1) is 13.2. The molecule has 2 rings (SSSR count). The molecule has 0 aliphatic heterocycles. The van der Waals surface area contributed by atoms with Crippen LogP contribution in [0.5, 0.6) is 0 Å². The van der Waals surface area contributed by atoms with Crippen LogP contribution >= 0.6 is 0 Å². The number of aryl methyl sites for hydroxylation is 2. The Balaban J connectivity index is 2.09. The van der Waals surface area contributed by atoms with Crippen molar-refractivity contribution in [1.29, 1.82) is 0 Å². The van der Waals surface area contributed by atoms with Crippen molar-refractivity contribution in [3.63, 3.8) is 0 Å². The molecular formula is C21H38N6O. The predicted molar refractivity (Wildman–Crippen MR) is 115 cm³/mol. The maximum Gasteiger partial charge on any atom is 0.230 e. The Morgan fingerprint density at radius 3 is 2.46 bits per heavy atom. The Bertz CT molecular complexity index is 700. The highest BCUT2D eigenvalue weighted by Crippen LogP contribution is 2.39. The minimum absolute atomic E-state index is 0.208. The van der Waals surface area contributed by atoms with Crippen LogP contribution in [0.15, 0.2) is 4.99 Å². The Morgan fingerprint density at radius 1 is 1.32 bits per heavy atom.